The minimum absolute atomic E-state index is 0.852. The van der Waals surface area contributed by atoms with Gasteiger partial charge in [0.05, 0.1) is 26.9 Å². The zero-order valence-corrected chi connectivity index (χ0v) is 33.2. The van der Waals surface area contributed by atoms with Crippen molar-refractivity contribution in [1.29, 1.82) is 0 Å². The number of rotatable bonds is 42. The molecular formula is C43H90NO3+. The fraction of sp³-hybridized carbons (Fsp3) is 1.00. The van der Waals surface area contributed by atoms with E-state index < -0.39 is 0 Å². The van der Waals surface area contributed by atoms with Crippen LogP contribution in [0.1, 0.15) is 213 Å². The van der Waals surface area contributed by atoms with E-state index in [2.05, 4.69) is 27.8 Å². The molecule has 0 aromatic rings. The van der Waals surface area contributed by atoms with Gasteiger partial charge in [0.25, 0.3) is 0 Å². The first-order valence-corrected chi connectivity index (χ1v) is 21.7. The molecule has 0 unspecified atom stereocenters. The van der Waals surface area contributed by atoms with Crippen molar-refractivity contribution in [2.45, 2.75) is 213 Å². The van der Waals surface area contributed by atoms with Gasteiger partial charge in [0.1, 0.15) is 19.6 Å². The number of quaternary nitrogens is 1. The Morgan fingerprint density at radius 1 is 0.255 bits per heavy atom. The predicted molar refractivity (Wildman–Crippen MR) is 209 cm³/mol. The van der Waals surface area contributed by atoms with Gasteiger partial charge in [-0.15, -0.1) is 0 Å². The minimum Gasteiger partial charge on any atom is -0.376 e. The first-order chi connectivity index (χ1) is 23.2. The third kappa shape index (κ3) is 38.5. The number of nitrogens with zero attached hydrogens (tertiary/aromatic N) is 1. The highest BCUT2D eigenvalue weighted by molar-refractivity contribution is 4.51. The Morgan fingerprint density at radius 2 is 0.447 bits per heavy atom. The Hall–Kier alpha value is -0.160. The van der Waals surface area contributed by atoms with Crippen molar-refractivity contribution >= 4 is 0 Å². The lowest BCUT2D eigenvalue weighted by Gasteiger charge is -2.34. The SMILES string of the molecule is CCCCCCCCCCCCOCC[N+](C)(CCOCCCCCCCCCCCC)CCOCCCCCCCCCCCC. The molecule has 0 saturated carbocycles. The van der Waals surface area contributed by atoms with Crippen LogP contribution in [-0.2, 0) is 14.2 Å². The molecule has 0 spiro atoms. The monoisotopic (exact) mass is 669 g/mol. The van der Waals surface area contributed by atoms with Gasteiger partial charge in [0, 0.05) is 19.8 Å². The van der Waals surface area contributed by atoms with Crippen LogP contribution in [0.3, 0.4) is 0 Å². The Kier molecular flexibility index (Phi) is 40.1. The zero-order valence-electron chi connectivity index (χ0n) is 33.2. The molecule has 4 nitrogen and oxygen atoms in total. The van der Waals surface area contributed by atoms with Gasteiger partial charge in [-0.25, -0.2) is 0 Å². The summed E-state index contributed by atoms with van der Waals surface area (Å²) in [5.74, 6) is 0. The summed E-state index contributed by atoms with van der Waals surface area (Å²) in [6, 6.07) is 0. The van der Waals surface area contributed by atoms with Crippen LogP contribution in [0.4, 0.5) is 0 Å². The van der Waals surface area contributed by atoms with Crippen LogP contribution in [0.5, 0.6) is 0 Å². The summed E-state index contributed by atoms with van der Waals surface area (Å²) in [5.41, 5.74) is 0. The van der Waals surface area contributed by atoms with Crippen molar-refractivity contribution in [3.63, 3.8) is 0 Å². The Bertz CT molecular complexity index is 483. The molecule has 0 aliphatic rings. The number of unbranched alkanes of at least 4 members (excludes halogenated alkanes) is 27. The number of likely N-dealkylation sites (N-methyl/N-ethyl adjacent to an activating group) is 1. The molecule has 0 bridgehead atoms. The van der Waals surface area contributed by atoms with E-state index in [-0.39, 0.29) is 0 Å². The summed E-state index contributed by atoms with van der Waals surface area (Å²) in [5, 5.41) is 0. The van der Waals surface area contributed by atoms with Crippen LogP contribution in [0, 0.1) is 0 Å². The Morgan fingerprint density at radius 3 is 0.660 bits per heavy atom. The van der Waals surface area contributed by atoms with Crippen molar-refractivity contribution in [1.82, 2.24) is 0 Å². The average molecular weight is 669 g/mol. The fourth-order valence-electron chi connectivity index (χ4n) is 6.57. The van der Waals surface area contributed by atoms with Crippen LogP contribution in [-0.4, -0.2) is 70.8 Å². The van der Waals surface area contributed by atoms with Crippen molar-refractivity contribution in [3.8, 4) is 0 Å². The molecule has 0 aromatic heterocycles. The molecule has 0 aliphatic carbocycles. The maximum Gasteiger partial charge on any atom is 0.102 e. The molecule has 0 atom stereocenters. The van der Waals surface area contributed by atoms with E-state index in [1.54, 1.807) is 0 Å². The molecule has 0 fully saturated rings. The lowest BCUT2D eigenvalue weighted by atomic mass is 10.1. The molecule has 0 saturated heterocycles. The van der Waals surface area contributed by atoms with E-state index in [9.17, 15) is 0 Å². The Labute approximate surface area is 297 Å². The molecule has 0 radical (unpaired) electrons. The molecule has 0 N–H and O–H groups in total. The first kappa shape index (κ1) is 46.8. The van der Waals surface area contributed by atoms with Crippen molar-refractivity contribution in [2.75, 3.05) is 66.3 Å². The smallest absolute Gasteiger partial charge is 0.102 e. The van der Waals surface area contributed by atoms with E-state index in [0.717, 1.165) is 63.8 Å². The number of hydrogen-bond donors (Lipinski definition) is 0. The maximum absolute atomic E-state index is 6.14. The predicted octanol–water partition coefficient (Wildman–Crippen LogP) is 13.2. The van der Waals surface area contributed by atoms with Gasteiger partial charge in [-0.1, -0.05) is 194 Å². The Balaban J connectivity index is 4.07. The number of ether oxygens (including phenoxy) is 3. The standard InChI is InChI=1S/C43H90NO3/c1-5-8-11-14-17-20-23-26-29-32-38-45-41-35-44(4,36-42-46-39-33-30-27-24-21-18-15-12-9-6-2)37-43-47-40-34-31-28-25-22-19-16-13-10-7-3/h5-43H2,1-4H3/q+1. The van der Waals surface area contributed by atoms with Crippen LogP contribution in [0.25, 0.3) is 0 Å². The molecule has 47 heavy (non-hydrogen) atoms. The van der Waals surface area contributed by atoms with E-state index in [0.29, 0.717) is 0 Å². The fourth-order valence-corrected chi connectivity index (χ4v) is 6.57. The summed E-state index contributed by atoms with van der Waals surface area (Å²) < 4.78 is 19.4. The van der Waals surface area contributed by atoms with Crippen LogP contribution in [0.15, 0.2) is 0 Å². The van der Waals surface area contributed by atoms with Crippen molar-refractivity contribution < 1.29 is 18.7 Å². The largest absolute Gasteiger partial charge is 0.376 e. The second kappa shape index (κ2) is 40.3. The molecule has 0 aliphatic heterocycles. The molecule has 0 amide bonds. The lowest BCUT2D eigenvalue weighted by molar-refractivity contribution is -0.910. The highest BCUT2D eigenvalue weighted by Gasteiger charge is 2.21. The van der Waals surface area contributed by atoms with Crippen LogP contribution < -0.4 is 0 Å². The van der Waals surface area contributed by atoms with Crippen LogP contribution in [0.2, 0.25) is 0 Å². The zero-order chi connectivity index (χ0) is 34.2. The quantitative estimate of drug-likeness (QED) is 0.0478. The molecule has 0 heterocycles. The van der Waals surface area contributed by atoms with Gasteiger partial charge >= 0.3 is 0 Å². The average Bonchev–Trinajstić information content (AvgIpc) is 3.07. The van der Waals surface area contributed by atoms with Gasteiger partial charge in [0.2, 0.25) is 0 Å². The normalized spacial score (nSPS) is 12.0. The third-order valence-electron chi connectivity index (χ3n) is 10.3. The summed E-state index contributed by atoms with van der Waals surface area (Å²) in [4.78, 5) is 0. The number of hydrogen-bond acceptors (Lipinski definition) is 3. The van der Waals surface area contributed by atoms with Crippen molar-refractivity contribution in [3.05, 3.63) is 0 Å². The van der Waals surface area contributed by atoms with Gasteiger partial charge in [-0.2, -0.15) is 0 Å². The van der Waals surface area contributed by atoms with Gasteiger partial charge < -0.3 is 18.7 Å². The highest BCUT2D eigenvalue weighted by Crippen LogP contribution is 2.13. The summed E-state index contributed by atoms with van der Waals surface area (Å²) in [6.45, 7) is 15.4. The molecule has 284 valence electrons. The highest BCUT2D eigenvalue weighted by atomic mass is 16.5. The summed E-state index contributed by atoms with van der Waals surface area (Å²) in [6.07, 6.45) is 41.3. The van der Waals surface area contributed by atoms with Crippen LogP contribution >= 0.6 is 0 Å². The second-order valence-electron chi connectivity index (χ2n) is 15.2. The molecular weight excluding hydrogens is 578 g/mol. The summed E-state index contributed by atoms with van der Waals surface area (Å²) in [7, 11) is 2.39. The lowest BCUT2D eigenvalue weighted by Crippen LogP contribution is -2.50. The van der Waals surface area contributed by atoms with E-state index in [1.807, 2.05) is 0 Å². The topological polar surface area (TPSA) is 27.7 Å². The molecule has 0 aromatic carbocycles. The molecule has 4 heteroatoms. The van der Waals surface area contributed by atoms with E-state index in [4.69, 9.17) is 14.2 Å². The van der Waals surface area contributed by atoms with Gasteiger partial charge in [-0.3, -0.25) is 0 Å². The molecule has 0 rings (SSSR count). The van der Waals surface area contributed by atoms with Gasteiger partial charge in [-0.05, 0) is 19.3 Å². The first-order valence-electron chi connectivity index (χ1n) is 21.7. The third-order valence-corrected chi connectivity index (χ3v) is 10.3. The minimum atomic E-state index is 0.852. The van der Waals surface area contributed by atoms with E-state index >= 15 is 0 Å². The summed E-state index contributed by atoms with van der Waals surface area (Å²) >= 11 is 0. The van der Waals surface area contributed by atoms with E-state index in [1.165, 1.54) is 193 Å². The maximum atomic E-state index is 6.14. The van der Waals surface area contributed by atoms with Gasteiger partial charge in [0.15, 0.2) is 0 Å². The second-order valence-corrected chi connectivity index (χ2v) is 15.2. The van der Waals surface area contributed by atoms with Crippen molar-refractivity contribution in [2.24, 2.45) is 0 Å².